The second-order valence-electron chi connectivity index (χ2n) is 6.56. The van der Waals surface area contributed by atoms with Gasteiger partial charge in [0.1, 0.15) is 5.76 Å². The first kappa shape index (κ1) is 15.9. The van der Waals surface area contributed by atoms with Crippen molar-refractivity contribution in [3.8, 4) is 0 Å². The summed E-state index contributed by atoms with van der Waals surface area (Å²) in [6, 6.07) is 6.10. The molecule has 2 aromatic heterocycles. The molecule has 0 saturated carbocycles. The van der Waals surface area contributed by atoms with Crippen LogP contribution in [0.4, 0.5) is 0 Å². The molecule has 1 aliphatic rings. The normalized spacial score (nSPS) is 19.3. The van der Waals surface area contributed by atoms with Gasteiger partial charge in [0.25, 0.3) is 5.91 Å². The molecule has 1 fully saturated rings. The van der Waals surface area contributed by atoms with Crippen LogP contribution >= 0.6 is 0 Å². The van der Waals surface area contributed by atoms with E-state index in [0.717, 1.165) is 42.3 Å². The van der Waals surface area contributed by atoms with Crippen molar-refractivity contribution in [3.05, 3.63) is 47.2 Å². The fourth-order valence-electron chi connectivity index (χ4n) is 3.42. The van der Waals surface area contributed by atoms with Crippen LogP contribution in [0.1, 0.15) is 34.4 Å². The van der Waals surface area contributed by atoms with Gasteiger partial charge >= 0.3 is 0 Å². The summed E-state index contributed by atoms with van der Waals surface area (Å²) in [5.41, 5.74) is 2.91. The quantitative estimate of drug-likeness (QED) is 0.874. The molecule has 0 N–H and O–H groups in total. The van der Waals surface area contributed by atoms with E-state index < -0.39 is 0 Å². The third kappa shape index (κ3) is 3.06. The molecule has 0 unspecified atom stereocenters. The van der Waals surface area contributed by atoms with Crippen molar-refractivity contribution in [2.45, 2.75) is 33.4 Å². The number of aromatic nitrogens is 1. The molecule has 1 amide bonds. The maximum absolute atomic E-state index is 13.0. The Bertz CT molecular complexity index is 687. The zero-order chi connectivity index (χ0) is 16.6. The number of amides is 1. The van der Waals surface area contributed by atoms with Crippen LogP contribution in [0.25, 0.3) is 0 Å². The molecule has 1 aliphatic heterocycles. The lowest BCUT2D eigenvalue weighted by Crippen LogP contribution is -2.52. The minimum absolute atomic E-state index is 0.143. The second kappa shape index (κ2) is 6.24. The molecule has 0 aliphatic carbocycles. The topological polar surface area (TPSA) is 41.6 Å². The van der Waals surface area contributed by atoms with Gasteiger partial charge in [-0.2, -0.15) is 0 Å². The van der Waals surface area contributed by atoms with E-state index in [1.54, 1.807) is 6.26 Å². The van der Waals surface area contributed by atoms with Crippen LogP contribution in [0.3, 0.4) is 0 Å². The predicted molar refractivity (Wildman–Crippen MR) is 89.7 cm³/mol. The molecule has 5 heteroatoms. The fraction of sp³-hybridized carbons (Fsp3) is 0.500. The summed E-state index contributed by atoms with van der Waals surface area (Å²) in [4.78, 5) is 17.2. The van der Waals surface area contributed by atoms with Gasteiger partial charge in [0.2, 0.25) is 0 Å². The van der Waals surface area contributed by atoms with Crippen molar-refractivity contribution >= 4 is 5.91 Å². The van der Waals surface area contributed by atoms with Crippen LogP contribution in [0.2, 0.25) is 0 Å². The molecule has 0 aromatic carbocycles. The number of furan rings is 1. The summed E-state index contributed by atoms with van der Waals surface area (Å²) in [7, 11) is 2.10. The van der Waals surface area contributed by atoms with Crippen LogP contribution in [0.15, 0.2) is 28.9 Å². The number of likely N-dealkylation sites (N-methyl/N-ethyl adjacent to an activating group) is 1. The highest BCUT2D eigenvalue weighted by Crippen LogP contribution is 2.21. The SMILES string of the molecule is Cc1cc(C(=O)N2CCN(C)C[C@@H]2C)c(C)n1Cc1ccco1. The molecular weight excluding hydrogens is 290 g/mol. The van der Waals surface area contributed by atoms with Gasteiger partial charge in [0.15, 0.2) is 0 Å². The average Bonchev–Trinajstić information content (AvgIpc) is 3.10. The monoisotopic (exact) mass is 315 g/mol. The van der Waals surface area contributed by atoms with E-state index in [1.807, 2.05) is 36.9 Å². The number of rotatable bonds is 3. The highest BCUT2D eigenvalue weighted by molar-refractivity contribution is 5.96. The lowest BCUT2D eigenvalue weighted by atomic mass is 10.1. The van der Waals surface area contributed by atoms with Gasteiger partial charge < -0.3 is 18.8 Å². The van der Waals surface area contributed by atoms with Gasteiger partial charge in [0.05, 0.1) is 18.4 Å². The molecule has 1 saturated heterocycles. The number of hydrogen-bond donors (Lipinski definition) is 0. The Hall–Kier alpha value is -2.01. The second-order valence-corrected chi connectivity index (χ2v) is 6.56. The van der Waals surface area contributed by atoms with E-state index in [9.17, 15) is 4.79 Å². The molecule has 3 heterocycles. The third-order valence-electron chi connectivity index (χ3n) is 4.79. The number of piperazine rings is 1. The van der Waals surface area contributed by atoms with Gasteiger partial charge in [-0.05, 0) is 46.0 Å². The Kier molecular flexibility index (Phi) is 4.31. The van der Waals surface area contributed by atoms with Crippen LogP contribution in [-0.2, 0) is 6.54 Å². The Morgan fingerprint density at radius 3 is 2.78 bits per heavy atom. The Morgan fingerprint density at radius 1 is 1.35 bits per heavy atom. The Balaban J connectivity index is 1.84. The van der Waals surface area contributed by atoms with Crippen molar-refractivity contribution in [3.63, 3.8) is 0 Å². The molecule has 0 bridgehead atoms. The minimum Gasteiger partial charge on any atom is -0.467 e. The molecule has 23 heavy (non-hydrogen) atoms. The number of hydrogen-bond acceptors (Lipinski definition) is 3. The van der Waals surface area contributed by atoms with E-state index in [2.05, 4.69) is 23.4 Å². The zero-order valence-electron chi connectivity index (χ0n) is 14.4. The molecule has 5 nitrogen and oxygen atoms in total. The number of aryl methyl sites for hydroxylation is 1. The van der Waals surface area contributed by atoms with Gasteiger partial charge in [-0.25, -0.2) is 0 Å². The minimum atomic E-state index is 0.143. The Labute approximate surface area is 137 Å². The number of nitrogens with zero attached hydrogens (tertiary/aromatic N) is 3. The highest BCUT2D eigenvalue weighted by Gasteiger charge is 2.28. The summed E-state index contributed by atoms with van der Waals surface area (Å²) in [5, 5.41) is 0. The van der Waals surface area contributed by atoms with E-state index in [-0.39, 0.29) is 11.9 Å². The first-order valence-corrected chi connectivity index (χ1v) is 8.16. The maximum atomic E-state index is 13.0. The summed E-state index contributed by atoms with van der Waals surface area (Å²) in [5.74, 6) is 1.04. The smallest absolute Gasteiger partial charge is 0.256 e. The van der Waals surface area contributed by atoms with Gasteiger partial charge in [-0.3, -0.25) is 4.79 Å². The van der Waals surface area contributed by atoms with Gasteiger partial charge in [-0.15, -0.1) is 0 Å². The summed E-state index contributed by atoms with van der Waals surface area (Å²) in [6.07, 6.45) is 1.68. The van der Waals surface area contributed by atoms with Crippen LogP contribution in [0.5, 0.6) is 0 Å². The largest absolute Gasteiger partial charge is 0.467 e. The van der Waals surface area contributed by atoms with Crippen LogP contribution in [0, 0.1) is 13.8 Å². The first-order chi connectivity index (χ1) is 11.0. The van der Waals surface area contributed by atoms with E-state index >= 15 is 0 Å². The van der Waals surface area contributed by atoms with Crippen LogP contribution < -0.4 is 0 Å². The lowest BCUT2D eigenvalue weighted by Gasteiger charge is -2.38. The summed E-state index contributed by atoms with van der Waals surface area (Å²) in [6.45, 7) is 9.49. The van der Waals surface area contributed by atoms with Gasteiger partial charge in [0, 0.05) is 37.1 Å². The Morgan fingerprint density at radius 2 is 2.13 bits per heavy atom. The highest BCUT2D eigenvalue weighted by atomic mass is 16.3. The van der Waals surface area contributed by atoms with Crippen LogP contribution in [-0.4, -0.2) is 53.0 Å². The van der Waals surface area contributed by atoms with Crippen molar-refractivity contribution in [1.82, 2.24) is 14.4 Å². The molecule has 2 aromatic rings. The van der Waals surface area contributed by atoms with Crippen molar-refractivity contribution < 1.29 is 9.21 Å². The maximum Gasteiger partial charge on any atom is 0.256 e. The molecule has 1 atom stereocenters. The molecule has 3 rings (SSSR count). The molecule has 0 spiro atoms. The van der Waals surface area contributed by atoms with E-state index in [1.165, 1.54) is 0 Å². The standard InChI is InChI=1S/C18H25N3O2/c1-13-10-17(15(3)21(13)12-16-6-5-9-23-16)18(22)20-8-7-19(4)11-14(20)2/h5-6,9-10,14H,7-8,11-12H2,1-4H3/t14-/m0/s1. The zero-order valence-corrected chi connectivity index (χ0v) is 14.4. The molecule has 0 radical (unpaired) electrons. The molecular formula is C18H25N3O2. The predicted octanol–water partition coefficient (Wildman–Crippen LogP) is 2.52. The number of carbonyl (C=O) groups is 1. The van der Waals surface area contributed by atoms with Gasteiger partial charge in [-0.1, -0.05) is 0 Å². The third-order valence-corrected chi connectivity index (χ3v) is 4.79. The van der Waals surface area contributed by atoms with Crippen molar-refractivity contribution in [1.29, 1.82) is 0 Å². The van der Waals surface area contributed by atoms with Crippen molar-refractivity contribution in [2.75, 3.05) is 26.7 Å². The number of carbonyl (C=O) groups excluding carboxylic acids is 1. The summed E-state index contributed by atoms with van der Waals surface area (Å²) < 4.78 is 7.59. The van der Waals surface area contributed by atoms with E-state index in [4.69, 9.17) is 4.42 Å². The molecule has 124 valence electrons. The van der Waals surface area contributed by atoms with Crippen molar-refractivity contribution in [2.24, 2.45) is 0 Å². The average molecular weight is 315 g/mol. The first-order valence-electron chi connectivity index (χ1n) is 8.16. The fourth-order valence-corrected chi connectivity index (χ4v) is 3.42. The van der Waals surface area contributed by atoms with E-state index in [0.29, 0.717) is 6.54 Å². The lowest BCUT2D eigenvalue weighted by molar-refractivity contribution is 0.0532. The summed E-state index contributed by atoms with van der Waals surface area (Å²) >= 11 is 0.